The van der Waals surface area contributed by atoms with Gasteiger partial charge in [0.1, 0.15) is 5.15 Å². The molecule has 0 fully saturated rings. The lowest BCUT2D eigenvalue weighted by Crippen LogP contribution is -2.38. The third-order valence-corrected chi connectivity index (χ3v) is 2.62. The minimum Gasteiger partial charge on any atom is -0.463 e. The Bertz CT molecular complexity index is 539. The molecule has 0 amide bonds. The van der Waals surface area contributed by atoms with E-state index in [1.165, 1.54) is 24.7 Å². The fourth-order valence-electron chi connectivity index (χ4n) is 1.55. The second-order valence-corrected chi connectivity index (χ2v) is 3.84. The average molecular weight is 266 g/mol. The maximum atomic E-state index is 12.0. The highest BCUT2D eigenvalue weighted by Crippen LogP contribution is 2.30. The van der Waals surface area contributed by atoms with E-state index in [9.17, 15) is 9.59 Å². The van der Waals surface area contributed by atoms with Gasteiger partial charge in [-0.2, -0.15) is 0 Å². The summed E-state index contributed by atoms with van der Waals surface area (Å²) in [7, 11) is 1.13. The van der Waals surface area contributed by atoms with Gasteiger partial charge >= 0.3 is 5.97 Å². The van der Waals surface area contributed by atoms with Gasteiger partial charge in [0, 0.05) is 6.21 Å². The molecule has 2 rings (SSSR count). The minimum atomic E-state index is -1.50. The van der Waals surface area contributed by atoms with Crippen molar-refractivity contribution in [2.24, 2.45) is 4.99 Å². The van der Waals surface area contributed by atoms with Crippen LogP contribution in [0.4, 0.5) is 0 Å². The molecule has 0 N–H and O–H groups in total. The van der Waals surface area contributed by atoms with Crippen LogP contribution in [0.2, 0.25) is 5.15 Å². The molecule has 0 aromatic carbocycles. The number of hydrogen-bond acceptors (Lipinski definition) is 6. The number of carbonyl (C=O) groups is 2. The molecule has 18 heavy (non-hydrogen) atoms. The first kappa shape index (κ1) is 12.4. The Hall–Kier alpha value is -2.08. The summed E-state index contributed by atoms with van der Waals surface area (Å²) in [6.07, 6.45) is 7.01. The largest absolute Gasteiger partial charge is 0.463 e. The number of methoxy groups -OCH3 is 1. The first-order valence-electron chi connectivity index (χ1n) is 4.94. The van der Waals surface area contributed by atoms with E-state index in [1.54, 1.807) is 6.08 Å². The van der Waals surface area contributed by atoms with Crippen molar-refractivity contribution in [1.29, 1.82) is 0 Å². The fourth-order valence-corrected chi connectivity index (χ4v) is 1.64. The van der Waals surface area contributed by atoms with Crippen molar-refractivity contribution in [3.05, 3.63) is 35.4 Å². The number of carbonyl (C=O) groups excluding carboxylic acids is 2. The van der Waals surface area contributed by atoms with Crippen LogP contribution < -0.4 is 0 Å². The first-order valence-corrected chi connectivity index (χ1v) is 5.32. The Balaban J connectivity index is 2.49. The molecule has 0 radical (unpaired) electrons. The molecule has 1 aromatic heterocycles. The first-order chi connectivity index (χ1) is 8.60. The quantitative estimate of drug-likeness (QED) is 0.594. The summed E-state index contributed by atoms with van der Waals surface area (Å²) in [5, 5.41) is 0.186. The summed E-state index contributed by atoms with van der Waals surface area (Å²) >= 11 is 5.63. The molecule has 2 heterocycles. The van der Waals surface area contributed by atoms with E-state index < -0.39 is 17.3 Å². The molecule has 1 aliphatic heterocycles. The van der Waals surface area contributed by atoms with E-state index in [-0.39, 0.29) is 10.8 Å². The Morgan fingerprint density at radius 1 is 1.33 bits per heavy atom. The van der Waals surface area contributed by atoms with Gasteiger partial charge in [0.15, 0.2) is 5.54 Å². The molecule has 0 bridgehead atoms. The minimum absolute atomic E-state index is 0.186. The zero-order valence-corrected chi connectivity index (χ0v) is 10.1. The van der Waals surface area contributed by atoms with Crippen molar-refractivity contribution in [2.75, 3.05) is 7.11 Å². The Kier molecular flexibility index (Phi) is 3.20. The number of aliphatic imine (C=N–C) groups is 1. The Labute approximate surface area is 107 Å². The van der Waals surface area contributed by atoms with Crippen molar-refractivity contribution in [1.82, 2.24) is 9.97 Å². The maximum Gasteiger partial charge on any atom is 0.377 e. The van der Waals surface area contributed by atoms with Crippen LogP contribution in [0.1, 0.15) is 5.69 Å². The molecule has 1 aromatic rings. The van der Waals surface area contributed by atoms with Crippen molar-refractivity contribution < 1.29 is 14.3 Å². The molecule has 0 aliphatic carbocycles. The number of esters is 1. The van der Waals surface area contributed by atoms with Gasteiger partial charge in [-0.25, -0.2) is 9.78 Å². The van der Waals surface area contributed by atoms with Crippen molar-refractivity contribution >= 4 is 29.6 Å². The summed E-state index contributed by atoms with van der Waals surface area (Å²) in [6.45, 7) is 0. The molecule has 7 heteroatoms. The van der Waals surface area contributed by atoms with Crippen LogP contribution in [-0.4, -0.2) is 35.0 Å². The third-order valence-electron chi connectivity index (χ3n) is 2.43. The number of aromatic nitrogens is 2. The standard InChI is InChI=1S/C11H8ClN3O3/c1-18-10(17)9(16)11(3-2-4-15-11)7-5-14-8(12)6-13-7/h2-6H,1H3. The molecule has 0 spiro atoms. The van der Waals surface area contributed by atoms with Gasteiger partial charge in [-0.05, 0) is 12.2 Å². The number of nitrogens with zero attached hydrogens (tertiary/aromatic N) is 3. The molecule has 0 saturated heterocycles. The molecular formula is C11H8ClN3O3. The lowest BCUT2D eigenvalue weighted by Gasteiger charge is -2.19. The fraction of sp³-hybridized carbons (Fsp3) is 0.182. The van der Waals surface area contributed by atoms with Crippen LogP contribution in [0.5, 0.6) is 0 Å². The van der Waals surface area contributed by atoms with E-state index in [0.717, 1.165) is 7.11 Å². The van der Waals surface area contributed by atoms with Crippen molar-refractivity contribution in [2.45, 2.75) is 5.54 Å². The van der Waals surface area contributed by atoms with Gasteiger partial charge in [0.2, 0.25) is 0 Å². The Morgan fingerprint density at radius 2 is 2.11 bits per heavy atom. The molecule has 1 unspecified atom stereocenters. The monoisotopic (exact) mass is 265 g/mol. The summed E-state index contributed by atoms with van der Waals surface area (Å²) in [4.78, 5) is 35.2. The smallest absolute Gasteiger partial charge is 0.377 e. The number of hydrogen-bond donors (Lipinski definition) is 0. The highest BCUT2D eigenvalue weighted by molar-refractivity contribution is 6.38. The molecule has 6 nitrogen and oxygen atoms in total. The summed E-state index contributed by atoms with van der Waals surface area (Å²) in [6, 6.07) is 0. The molecule has 1 aliphatic rings. The summed E-state index contributed by atoms with van der Waals surface area (Å²) in [5.74, 6) is -1.82. The zero-order valence-electron chi connectivity index (χ0n) is 9.33. The van der Waals surface area contributed by atoms with Crippen LogP contribution in [-0.2, 0) is 19.9 Å². The molecule has 1 atom stereocenters. The lowest BCUT2D eigenvalue weighted by atomic mass is 9.91. The highest BCUT2D eigenvalue weighted by atomic mass is 35.5. The van der Waals surface area contributed by atoms with Crippen LogP contribution >= 0.6 is 11.6 Å². The number of allylic oxidation sites excluding steroid dienone is 1. The zero-order chi connectivity index (χ0) is 13.2. The highest BCUT2D eigenvalue weighted by Gasteiger charge is 2.44. The third kappa shape index (κ3) is 1.91. The van der Waals surface area contributed by atoms with Crippen molar-refractivity contribution in [3.63, 3.8) is 0 Å². The predicted octanol–water partition coefficient (Wildman–Crippen LogP) is 0.708. The normalized spacial score (nSPS) is 21.0. The van der Waals surface area contributed by atoms with Crippen LogP contribution in [0.3, 0.4) is 0 Å². The number of halogens is 1. The second-order valence-electron chi connectivity index (χ2n) is 3.45. The number of rotatable bonds is 3. The van der Waals surface area contributed by atoms with Crippen LogP contribution in [0, 0.1) is 0 Å². The summed E-state index contributed by atoms with van der Waals surface area (Å²) in [5.41, 5.74) is -1.28. The van der Waals surface area contributed by atoms with E-state index in [4.69, 9.17) is 11.6 Å². The van der Waals surface area contributed by atoms with Gasteiger partial charge in [-0.3, -0.25) is 14.8 Å². The molecular weight excluding hydrogens is 258 g/mol. The number of ketones is 1. The Morgan fingerprint density at radius 3 is 2.61 bits per heavy atom. The number of Topliss-reactive ketones (excluding diaryl/α,β-unsaturated/α-hetero) is 1. The topological polar surface area (TPSA) is 81.5 Å². The molecule has 92 valence electrons. The number of ether oxygens (including phenoxy) is 1. The van der Waals surface area contributed by atoms with Gasteiger partial charge in [0.05, 0.1) is 25.2 Å². The maximum absolute atomic E-state index is 12.0. The van der Waals surface area contributed by atoms with E-state index in [1.807, 2.05) is 0 Å². The molecule has 0 saturated carbocycles. The van der Waals surface area contributed by atoms with Crippen molar-refractivity contribution in [3.8, 4) is 0 Å². The van der Waals surface area contributed by atoms with Gasteiger partial charge in [-0.15, -0.1) is 0 Å². The van der Waals surface area contributed by atoms with E-state index in [0.29, 0.717) is 0 Å². The van der Waals surface area contributed by atoms with Gasteiger partial charge in [0.25, 0.3) is 5.78 Å². The summed E-state index contributed by atoms with van der Waals surface area (Å²) < 4.78 is 4.42. The van der Waals surface area contributed by atoms with Gasteiger partial charge < -0.3 is 4.74 Å². The second kappa shape index (κ2) is 4.66. The van der Waals surface area contributed by atoms with E-state index in [2.05, 4.69) is 19.7 Å². The van der Waals surface area contributed by atoms with Gasteiger partial charge in [-0.1, -0.05) is 11.6 Å². The lowest BCUT2D eigenvalue weighted by molar-refractivity contribution is -0.153. The van der Waals surface area contributed by atoms with E-state index >= 15 is 0 Å². The average Bonchev–Trinajstić information content (AvgIpc) is 2.88. The van der Waals surface area contributed by atoms with Crippen LogP contribution in [0.25, 0.3) is 0 Å². The SMILES string of the molecule is COC(=O)C(=O)C1(c2cnc(Cl)cn2)C=CC=N1. The van der Waals surface area contributed by atoms with Crippen LogP contribution in [0.15, 0.2) is 29.5 Å². The predicted molar refractivity (Wildman–Crippen MR) is 63.4 cm³/mol.